The van der Waals surface area contributed by atoms with Crippen LogP contribution in [-0.2, 0) is 6.54 Å². The van der Waals surface area contributed by atoms with E-state index in [4.69, 9.17) is 5.73 Å². The van der Waals surface area contributed by atoms with Gasteiger partial charge in [0.15, 0.2) is 0 Å². The third-order valence-corrected chi connectivity index (χ3v) is 3.37. The van der Waals surface area contributed by atoms with E-state index in [-0.39, 0.29) is 6.04 Å². The molecule has 0 aliphatic heterocycles. The molecule has 1 unspecified atom stereocenters. The summed E-state index contributed by atoms with van der Waals surface area (Å²) in [5.41, 5.74) is 8.32. The normalized spacial score (nSPS) is 19.7. The molecule has 1 aromatic heterocycles. The Balaban J connectivity index is 2.27. The molecule has 0 amide bonds. The molecule has 1 aromatic rings. The summed E-state index contributed by atoms with van der Waals surface area (Å²) in [7, 11) is 0. The van der Waals surface area contributed by atoms with E-state index >= 15 is 0 Å². The van der Waals surface area contributed by atoms with Crippen LogP contribution in [0.15, 0.2) is 6.07 Å². The Kier molecular flexibility index (Phi) is 3.10. The first kappa shape index (κ1) is 10.7. The lowest BCUT2D eigenvalue weighted by atomic mass is 10.0. The van der Waals surface area contributed by atoms with Crippen LogP contribution in [0.2, 0.25) is 0 Å². The van der Waals surface area contributed by atoms with Crippen molar-refractivity contribution in [3.05, 3.63) is 17.5 Å². The number of hydrogen-bond acceptors (Lipinski definition) is 2. The Morgan fingerprint density at radius 1 is 1.53 bits per heavy atom. The van der Waals surface area contributed by atoms with Crippen molar-refractivity contribution in [1.82, 2.24) is 9.78 Å². The Morgan fingerprint density at radius 3 is 2.73 bits per heavy atom. The van der Waals surface area contributed by atoms with Crippen molar-refractivity contribution >= 4 is 0 Å². The van der Waals surface area contributed by atoms with Gasteiger partial charge < -0.3 is 5.73 Å². The molecule has 2 N–H and O–H groups in total. The predicted molar refractivity (Wildman–Crippen MR) is 61.7 cm³/mol. The smallest absolute Gasteiger partial charge is 0.0791 e. The third kappa shape index (κ3) is 2.07. The van der Waals surface area contributed by atoms with Crippen molar-refractivity contribution in [1.29, 1.82) is 0 Å². The summed E-state index contributed by atoms with van der Waals surface area (Å²) in [6, 6.07) is 2.27. The zero-order chi connectivity index (χ0) is 10.8. The van der Waals surface area contributed by atoms with Gasteiger partial charge in [-0.2, -0.15) is 5.10 Å². The van der Waals surface area contributed by atoms with Gasteiger partial charge >= 0.3 is 0 Å². The summed E-state index contributed by atoms with van der Waals surface area (Å²) in [4.78, 5) is 0. The van der Waals surface area contributed by atoms with Gasteiger partial charge in [-0.1, -0.05) is 12.8 Å². The Hall–Kier alpha value is -0.830. The summed E-state index contributed by atoms with van der Waals surface area (Å²) >= 11 is 0. The van der Waals surface area contributed by atoms with Gasteiger partial charge in [-0.25, -0.2) is 0 Å². The molecule has 1 atom stereocenters. The second-order valence-corrected chi connectivity index (χ2v) is 4.58. The molecule has 1 fully saturated rings. The molecule has 3 heteroatoms. The topological polar surface area (TPSA) is 43.8 Å². The minimum Gasteiger partial charge on any atom is -0.323 e. The molecule has 1 aliphatic rings. The number of rotatable bonds is 3. The van der Waals surface area contributed by atoms with Gasteiger partial charge in [0.1, 0.15) is 0 Å². The first-order valence-electron chi connectivity index (χ1n) is 6.05. The molecule has 3 nitrogen and oxygen atoms in total. The Morgan fingerprint density at radius 2 is 2.20 bits per heavy atom. The van der Waals surface area contributed by atoms with Crippen LogP contribution in [0, 0.1) is 0 Å². The maximum absolute atomic E-state index is 5.87. The first-order chi connectivity index (χ1) is 7.22. The molecule has 84 valence electrons. The minimum absolute atomic E-state index is 0.0537. The summed E-state index contributed by atoms with van der Waals surface area (Å²) in [6.45, 7) is 5.11. The van der Waals surface area contributed by atoms with Gasteiger partial charge in [-0.3, -0.25) is 4.68 Å². The maximum atomic E-state index is 5.87. The first-order valence-corrected chi connectivity index (χ1v) is 6.05. The van der Waals surface area contributed by atoms with Crippen molar-refractivity contribution in [2.24, 2.45) is 5.73 Å². The van der Waals surface area contributed by atoms with Crippen molar-refractivity contribution < 1.29 is 0 Å². The molecule has 15 heavy (non-hydrogen) atoms. The van der Waals surface area contributed by atoms with E-state index in [2.05, 4.69) is 22.8 Å². The third-order valence-electron chi connectivity index (χ3n) is 3.37. The highest BCUT2D eigenvalue weighted by Gasteiger charge is 2.22. The van der Waals surface area contributed by atoms with E-state index in [0.717, 1.165) is 18.2 Å². The highest BCUT2D eigenvalue weighted by Crippen LogP contribution is 2.34. The number of aromatic nitrogens is 2. The average Bonchev–Trinajstić information content (AvgIpc) is 2.86. The zero-order valence-electron chi connectivity index (χ0n) is 9.74. The summed E-state index contributed by atoms with van der Waals surface area (Å²) in [6.07, 6.45) is 5.38. The van der Waals surface area contributed by atoms with Gasteiger partial charge in [0.05, 0.1) is 5.69 Å². The second-order valence-electron chi connectivity index (χ2n) is 4.58. The molecule has 1 aliphatic carbocycles. The fourth-order valence-electron chi connectivity index (χ4n) is 2.48. The van der Waals surface area contributed by atoms with Gasteiger partial charge in [-0.05, 0) is 32.8 Å². The van der Waals surface area contributed by atoms with Gasteiger partial charge in [0.2, 0.25) is 0 Å². The van der Waals surface area contributed by atoms with Gasteiger partial charge in [0, 0.05) is 24.2 Å². The van der Waals surface area contributed by atoms with E-state index < -0.39 is 0 Å². The molecule has 1 heterocycles. The van der Waals surface area contributed by atoms with Gasteiger partial charge in [-0.15, -0.1) is 0 Å². The predicted octanol–water partition coefficient (Wildman–Crippen LogP) is 2.58. The van der Waals surface area contributed by atoms with Crippen molar-refractivity contribution in [2.75, 3.05) is 0 Å². The van der Waals surface area contributed by atoms with E-state index in [1.54, 1.807) is 0 Å². The van der Waals surface area contributed by atoms with E-state index in [1.807, 2.05) is 6.92 Å². The average molecular weight is 207 g/mol. The van der Waals surface area contributed by atoms with Crippen molar-refractivity contribution in [3.8, 4) is 0 Å². The molecule has 2 rings (SSSR count). The second kappa shape index (κ2) is 4.35. The van der Waals surface area contributed by atoms with Crippen LogP contribution in [0.25, 0.3) is 0 Å². The van der Waals surface area contributed by atoms with Crippen LogP contribution in [0.3, 0.4) is 0 Å². The van der Waals surface area contributed by atoms with Crippen LogP contribution in [0.4, 0.5) is 0 Å². The van der Waals surface area contributed by atoms with Crippen LogP contribution in [-0.4, -0.2) is 9.78 Å². The summed E-state index contributed by atoms with van der Waals surface area (Å²) < 4.78 is 2.13. The molecular formula is C12H21N3. The fraction of sp³-hybridized carbons (Fsp3) is 0.750. The van der Waals surface area contributed by atoms with Crippen LogP contribution >= 0.6 is 0 Å². The molecule has 0 aromatic carbocycles. The van der Waals surface area contributed by atoms with E-state index in [9.17, 15) is 0 Å². The summed E-state index contributed by atoms with van der Waals surface area (Å²) in [5.74, 6) is 0.727. The number of hydrogen-bond donors (Lipinski definition) is 1. The molecule has 0 bridgehead atoms. The Bertz CT molecular complexity index is 322. The number of nitrogens with two attached hydrogens (primary N) is 1. The van der Waals surface area contributed by atoms with Crippen molar-refractivity contribution in [3.63, 3.8) is 0 Å². The van der Waals surface area contributed by atoms with E-state index in [0.29, 0.717) is 0 Å². The minimum atomic E-state index is 0.0537. The number of nitrogens with zero attached hydrogens (tertiary/aromatic N) is 2. The lowest BCUT2D eigenvalue weighted by molar-refractivity contribution is 0.560. The monoisotopic (exact) mass is 207 g/mol. The van der Waals surface area contributed by atoms with Crippen LogP contribution < -0.4 is 5.73 Å². The lowest BCUT2D eigenvalue weighted by Crippen LogP contribution is -2.08. The van der Waals surface area contributed by atoms with E-state index in [1.165, 1.54) is 31.4 Å². The van der Waals surface area contributed by atoms with Crippen LogP contribution in [0.1, 0.15) is 62.9 Å². The molecule has 0 radical (unpaired) electrons. The highest BCUT2D eigenvalue weighted by atomic mass is 15.3. The molecular weight excluding hydrogens is 186 g/mol. The number of aryl methyl sites for hydroxylation is 1. The zero-order valence-corrected chi connectivity index (χ0v) is 9.74. The molecule has 0 saturated heterocycles. The van der Waals surface area contributed by atoms with Crippen molar-refractivity contribution in [2.45, 2.75) is 58.0 Å². The van der Waals surface area contributed by atoms with Crippen LogP contribution in [0.5, 0.6) is 0 Å². The molecule has 0 spiro atoms. The quantitative estimate of drug-likeness (QED) is 0.828. The van der Waals surface area contributed by atoms with Gasteiger partial charge in [0.25, 0.3) is 0 Å². The lowest BCUT2D eigenvalue weighted by Gasteiger charge is -2.10. The Labute approximate surface area is 91.7 Å². The SMILES string of the molecule is CCn1nc(C(C)N)cc1C1CCCC1. The summed E-state index contributed by atoms with van der Waals surface area (Å²) in [5, 5.41) is 4.56. The highest BCUT2D eigenvalue weighted by molar-refractivity contribution is 5.18. The molecule has 1 saturated carbocycles. The standard InChI is InChI=1S/C12H21N3/c1-3-15-12(10-6-4-5-7-10)8-11(14-15)9(2)13/h8-10H,3-7,13H2,1-2H3. The largest absolute Gasteiger partial charge is 0.323 e. The fourth-order valence-corrected chi connectivity index (χ4v) is 2.48. The maximum Gasteiger partial charge on any atom is 0.0791 e.